The number of ether oxygens (including phenoxy) is 1. The molecule has 3 aromatic rings. The van der Waals surface area contributed by atoms with Crippen molar-refractivity contribution in [3.8, 4) is 0 Å². The van der Waals surface area contributed by atoms with Crippen molar-refractivity contribution in [2.75, 3.05) is 18.8 Å². The third kappa shape index (κ3) is 5.20. The molecule has 1 aliphatic heterocycles. The number of nitrogen functional groups attached to an aromatic ring is 1. The maximum Gasteiger partial charge on any atom is 0.410 e. The predicted molar refractivity (Wildman–Crippen MR) is 137 cm³/mol. The van der Waals surface area contributed by atoms with Gasteiger partial charge in [0.25, 0.3) is 10.0 Å². The number of piperidine rings is 1. The molecule has 0 bridgehead atoms. The molecule has 0 unspecified atom stereocenters. The first-order valence-corrected chi connectivity index (χ1v) is 14.4. The summed E-state index contributed by atoms with van der Waals surface area (Å²) >= 11 is 0. The number of nitrogens with zero attached hydrogens (tertiary/aromatic N) is 2. The highest BCUT2D eigenvalue weighted by molar-refractivity contribution is 7.91. The molecule has 0 spiro atoms. The van der Waals surface area contributed by atoms with Crippen LogP contribution in [0, 0.1) is 0 Å². The fourth-order valence-electron chi connectivity index (χ4n) is 4.15. The highest BCUT2D eigenvalue weighted by atomic mass is 32.2. The number of fused-ring (bicyclic) bond motifs is 1. The average Bonchev–Trinajstić information content (AvgIpc) is 3.22. The van der Waals surface area contributed by atoms with Gasteiger partial charge < -0.3 is 15.4 Å². The second kappa shape index (κ2) is 9.41. The summed E-state index contributed by atoms with van der Waals surface area (Å²) in [6.07, 6.45) is 1.43. The van der Waals surface area contributed by atoms with Crippen LogP contribution in [-0.2, 0) is 24.8 Å². The van der Waals surface area contributed by atoms with Crippen LogP contribution in [0.5, 0.6) is 0 Å². The summed E-state index contributed by atoms with van der Waals surface area (Å²) < 4.78 is 62.6. The maximum absolute atomic E-state index is 13.5. The smallest absolute Gasteiger partial charge is 0.410 e. The second-order valence-corrected chi connectivity index (χ2v) is 13.2. The van der Waals surface area contributed by atoms with Crippen LogP contribution >= 0.6 is 0 Å². The van der Waals surface area contributed by atoms with E-state index in [0.717, 1.165) is 10.2 Å². The number of amides is 1. The van der Waals surface area contributed by atoms with E-state index in [0.29, 0.717) is 25.9 Å². The van der Waals surface area contributed by atoms with E-state index < -0.39 is 37.8 Å². The average molecular weight is 535 g/mol. The Morgan fingerprint density at radius 1 is 1.00 bits per heavy atom. The van der Waals surface area contributed by atoms with Crippen LogP contribution in [0.4, 0.5) is 10.5 Å². The number of hydrogen-bond acceptors (Lipinski definition) is 7. The summed E-state index contributed by atoms with van der Waals surface area (Å²) in [4.78, 5) is 13.7. The van der Waals surface area contributed by atoms with Gasteiger partial charge in [0.05, 0.1) is 10.4 Å². The van der Waals surface area contributed by atoms with E-state index in [4.69, 9.17) is 10.5 Å². The van der Waals surface area contributed by atoms with Crippen LogP contribution in [0.3, 0.4) is 0 Å². The molecule has 10 nitrogen and oxygen atoms in total. The van der Waals surface area contributed by atoms with Crippen LogP contribution < -0.4 is 10.5 Å². The predicted octanol–water partition coefficient (Wildman–Crippen LogP) is 3.14. The van der Waals surface area contributed by atoms with E-state index >= 15 is 0 Å². The largest absolute Gasteiger partial charge is 0.444 e. The van der Waals surface area contributed by atoms with Crippen molar-refractivity contribution in [3.05, 3.63) is 54.7 Å². The Kier molecular flexibility index (Phi) is 6.80. The summed E-state index contributed by atoms with van der Waals surface area (Å²) in [7, 11) is -8.22. The molecule has 3 N–H and O–H groups in total. The Morgan fingerprint density at radius 2 is 1.64 bits per heavy atom. The Bertz CT molecular complexity index is 1480. The first kappa shape index (κ1) is 26.0. The van der Waals surface area contributed by atoms with Gasteiger partial charge in [0.15, 0.2) is 0 Å². The number of rotatable bonds is 5. The number of benzene rings is 2. The normalized spacial score (nSPS) is 15.8. The molecule has 0 atom stereocenters. The third-order valence-electron chi connectivity index (χ3n) is 5.85. The van der Waals surface area contributed by atoms with Crippen molar-refractivity contribution in [1.29, 1.82) is 0 Å². The minimum Gasteiger partial charge on any atom is -0.444 e. The van der Waals surface area contributed by atoms with Gasteiger partial charge in [-0.3, -0.25) is 0 Å². The number of carbonyl (C=O) groups is 1. The summed E-state index contributed by atoms with van der Waals surface area (Å²) in [5.41, 5.74) is 5.82. The maximum atomic E-state index is 13.5. The van der Waals surface area contributed by atoms with Crippen LogP contribution in [-0.4, -0.2) is 56.5 Å². The first-order chi connectivity index (χ1) is 16.8. The quantitative estimate of drug-likeness (QED) is 0.479. The van der Waals surface area contributed by atoms with Gasteiger partial charge in [-0.15, -0.1) is 0 Å². The number of sulfonamides is 1. The molecular weight excluding hydrogens is 504 g/mol. The number of aromatic nitrogens is 1. The van der Waals surface area contributed by atoms with E-state index in [1.54, 1.807) is 49.9 Å². The van der Waals surface area contributed by atoms with Crippen molar-refractivity contribution < 1.29 is 26.4 Å². The fourth-order valence-corrected chi connectivity index (χ4v) is 7.14. The van der Waals surface area contributed by atoms with Crippen LogP contribution in [0.15, 0.2) is 64.5 Å². The van der Waals surface area contributed by atoms with Crippen molar-refractivity contribution in [1.82, 2.24) is 13.6 Å². The molecule has 1 amide bonds. The van der Waals surface area contributed by atoms with E-state index in [2.05, 4.69) is 4.72 Å². The zero-order chi connectivity index (χ0) is 26.3. The van der Waals surface area contributed by atoms with Crippen molar-refractivity contribution in [2.24, 2.45) is 0 Å². The van der Waals surface area contributed by atoms with E-state index in [1.807, 2.05) is 0 Å². The number of nitrogens with two attached hydrogens (primary N) is 1. The highest BCUT2D eigenvalue weighted by Gasteiger charge is 2.32. The van der Waals surface area contributed by atoms with Crippen LogP contribution in [0.25, 0.3) is 10.9 Å². The molecule has 36 heavy (non-hydrogen) atoms. The number of nitrogens with one attached hydrogen (secondary N) is 1. The highest BCUT2D eigenvalue weighted by Crippen LogP contribution is 2.33. The van der Waals surface area contributed by atoms with Gasteiger partial charge in [0, 0.05) is 36.4 Å². The molecule has 0 aliphatic carbocycles. The SMILES string of the molecule is CC(C)(C)OC(=O)N1CCC(NS(=O)(=O)c2cn(S(=O)(=O)c3ccccc3)c3cccc(N)c23)CC1. The Hall–Kier alpha value is -3.09. The lowest BCUT2D eigenvalue weighted by Crippen LogP contribution is -2.47. The molecule has 1 aliphatic rings. The monoisotopic (exact) mass is 534 g/mol. The van der Waals surface area contributed by atoms with Gasteiger partial charge >= 0.3 is 6.09 Å². The molecule has 1 saturated heterocycles. The number of likely N-dealkylation sites (tertiary alicyclic amines) is 1. The van der Waals surface area contributed by atoms with Crippen LogP contribution in [0.2, 0.25) is 0 Å². The van der Waals surface area contributed by atoms with E-state index in [1.165, 1.54) is 24.3 Å². The Labute approximate surface area is 211 Å². The molecule has 12 heteroatoms. The minimum atomic E-state index is -4.15. The molecular formula is C24H30N4O6S2. The van der Waals surface area contributed by atoms with E-state index in [-0.39, 0.29) is 26.4 Å². The molecule has 4 rings (SSSR count). The third-order valence-corrected chi connectivity index (χ3v) is 9.07. The van der Waals surface area contributed by atoms with Gasteiger partial charge in [0.2, 0.25) is 10.0 Å². The van der Waals surface area contributed by atoms with Crippen molar-refractivity contribution in [3.63, 3.8) is 0 Å². The second-order valence-electron chi connectivity index (χ2n) is 9.71. The van der Waals surface area contributed by atoms with Crippen LogP contribution in [0.1, 0.15) is 33.6 Å². The lowest BCUT2D eigenvalue weighted by Gasteiger charge is -2.33. The number of carbonyl (C=O) groups excluding carboxylic acids is 1. The minimum absolute atomic E-state index is 0.0238. The topological polar surface area (TPSA) is 141 Å². The molecule has 0 saturated carbocycles. The van der Waals surface area contributed by atoms with Crippen molar-refractivity contribution in [2.45, 2.75) is 55.0 Å². The molecule has 2 heterocycles. The van der Waals surface area contributed by atoms with Gasteiger partial charge in [-0.05, 0) is 57.9 Å². The summed E-state index contributed by atoms with van der Waals surface area (Å²) in [5.74, 6) is 0. The number of anilines is 1. The zero-order valence-electron chi connectivity index (χ0n) is 20.3. The summed E-state index contributed by atoms with van der Waals surface area (Å²) in [6, 6.07) is 11.9. The Balaban J connectivity index is 1.62. The van der Waals surface area contributed by atoms with Gasteiger partial charge in [-0.2, -0.15) is 0 Å². The van der Waals surface area contributed by atoms with Gasteiger partial charge in [-0.25, -0.2) is 30.3 Å². The first-order valence-electron chi connectivity index (χ1n) is 11.5. The van der Waals surface area contributed by atoms with Gasteiger partial charge in [0.1, 0.15) is 10.5 Å². The zero-order valence-corrected chi connectivity index (χ0v) is 22.0. The van der Waals surface area contributed by atoms with Gasteiger partial charge in [-0.1, -0.05) is 24.3 Å². The molecule has 2 aromatic carbocycles. The summed E-state index contributed by atoms with van der Waals surface area (Å²) in [5, 5.41) is 0.135. The number of hydrogen-bond donors (Lipinski definition) is 2. The standard InChI is InChI=1S/C24H30N4O6S2/c1-24(2,3)34-23(29)27-14-12-17(13-15-27)26-35(30,31)21-16-28(20-11-7-10-19(25)22(20)21)36(32,33)18-8-5-4-6-9-18/h4-11,16-17,26H,12-15,25H2,1-3H3. The Morgan fingerprint density at radius 3 is 2.25 bits per heavy atom. The molecule has 194 valence electrons. The summed E-state index contributed by atoms with van der Waals surface area (Å²) in [6.45, 7) is 6.01. The van der Waals surface area contributed by atoms with E-state index in [9.17, 15) is 21.6 Å². The van der Waals surface area contributed by atoms with Crippen molar-refractivity contribution >= 4 is 42.7 Å². The molecule has 0 radical (unpaired) electrons. The fraction of sp³-hybridized carbons (Fsp3) is 0.375. The lowest BCUT2D eigenvalue weighted by molar-refractivity contribution is 0.0203. The molecule has 1 aromatic heterocycles. The molecule has 1 fully saturated rings. The lowest BCUT2D eigenvalue weighted by atomic mass is 10.1.